The summed E-state index contributed by atoms with van der Waals surface area (Å²) in [5.74, 6) is -2.09. The van der Waals surface area contributed by atoms with Crippen LogP contribution in [0.15, 0.2) is 48.9 Å². The minimum atomic E-state index is -0.990. The molecule has 0 saturated heterocycles. The first-order chi connectivity index (χ1) is 16.0. The minimum absolute atomic E-state index is 0. The summed E-state index contributed by atoms with van der Waals surface area (Å²) in [7, 11) is 0. The second kappa shape index (κ2) is 17.0. The van der Waals surface area contributed by atoms with Gasteiger partial charge in [-0.15, -0.1) is 12.1 Å². The average Bonchev–Trinajstić information content (AvgIpc) is 2.82. The largest absolute Gasteiger partial charge is 0.477 e. The van der Waals surface area contributed by atoms with Crippen LogP contribution in [0.2, 0.25) is 0 Å². The van der Waals surface area contributed by atoms with Gasteiger partial charge >= 0.3 is 5.97 Å². The monoisotopic (exact) mass is 647 g/mol. The molecular formula is C26H30F2IrN3O2-. The second-order valence-corrected chi connectivity index (χ2v) is 7.70. The average molecular weight is 647 g/mol. The van der Waals surface area contributed by atoms with Gasteiger partial charge in [0, 0.05) is 50.3 Å². The molecule has 0 fully saturated rings. The number of pyridine rings is 1. The fraction of sp³-hybridized carbons (Fsp3) is 0.385. The molecule has 0 bridgehead atoms. The van der Waals surface area contributed by atoms with Crippen molar-refractivity contribution in [1.82, 2.24) is 15.0 Å². The van der Waals surface area contributed by atoms with Gasteiger partial charge in [0.15, 0.2) is 0 Å². The first kappa shape index (κ1) is 29.5. The maximum absolute atomic E-state index is 13.7. The number of aromatic nitrogens is 3. The zero-order valence-electron chi connectivity index (χ0n) is 19.3. The number of unbranched alkanes of at least 4 members (excludes halogenated alkanes) is 7. The zero-order valence-corrected chi connectivity index (χ0v) is 21.7. The zero-order chi connectivity index (χ0) is 23.9. The number of halogens is 2. The predicted octanol–water partition coefficient (Wildman–Crippen LogP) is 6.68. The van der Waals surface area contributed by atoms with Crippen LogP contribution in [0.1, 0.15) is 74.3 Å². The quantitative estimate of drug-likeness (QED) is 0.186. The van der Waals surface area contributed by atoms with Crippen LogP contribution >= 0.6 is 0 Å². The first-order valence-corrected chi connectivity index (χ1v) is 11.3. The number of rotatable bonds is 11. The summed E-state index contributed by atoms with van der Waals surface area (Å²) in [6, 6.07) is 9.22. The summed E-state index contributed by atoms with van der Waals surface area (Å²) in [4.78, 5) is 22.1. The third kappa shape index (κ3) is 11.0. The molecule has 0 aliphatic rings. The van der Waals surface area contributed by atoms with Crippen molar-refractivity contribution in [2.24, 2.45) is 0 Å². The van der Waals surface area contributed by atoms with Crippen LogP contribution in [0.4, 0.5) is 8.78 Å². The molecule has 1 aromatic carbocycles. The molecule has 5 nitrogen and oxygen atoms in total. The van der Waals surface area contributed by atoms with Gasteiger partial charge < -0.3 is 5.11 Å². The van der Waals surface area contributed by atoms with E-state index in [4.69, 9.17) is 5.11 Å². The van der Waals surface area contributed by atoms with Gasteiger partial charge in [-0.3, -0.25) is 18.7 Å². The topological polar surface area (TPSA) is 76.0 Å². The minimum Gasteiger partial charge on any atom is -0.477 e. The smallest absolute Gasteiger partial charge is 0.354 e. The van der Waals surface area contributed by atoms with Crippen LogP contribution in [0, 0.1) is 17.7 Å². The molecular weight excluding hydrogens is 617 g/mol. The van der Waals surface area contributed by atoms with Crippen LogP contribution in [0.5, 0.6) is 0 Å². The van der Waals surface area contributed by atoms with Gasteiger partial charge in [-0.2, -0.15) is 0 Å². The standard InChI is InChI=1S/C20H25F2N2.C6H5NO2.Ir/c1-2-3-4-5-6-7-8-9-10-16-14-23-20(24-15-16)18-12-11-17(21)13-19(18)22;8-6(9)5-3-1-2-4-7-5;/h11,13-15H,2-10H2,1H3;1-4H,(H,8,9);/q-1;;. The van der Waals surface area contributed by atoms with E-state index in [9.17, 15) is 13.6 Å². The normalized spacial score (nSPS) is 10.1. The molecule has 8 heteroatoms. The van der Waals surface area contributed by atoms with Crippen molar-refractivity contribution in [1.29, 1.82) is 0 Å². The van der Waals surface area contributed by atoms with Gasteiger partial charge in [0.05, 0.1) is 5.82 Å². The van der Waals surface area contributed by atoms with Crippen LogP contribution in [-0.2, 0) is 26.5 Å². The number of hydrogen-bond donors (Lipinski definition) is 1. The fourth-order valence-corrected chi connectivity index (χ4v) is 3.18. The van der Waals surface area contributed by atoms with E-state index < -0.39 is 17.6 Å². The number of carboxylic acids is 1. The van der Waals surface area contributed by atoms with Crippen LogP contribution < -0.4 is 0 Å². The molecule has 185 valence electrons. The summed E-state index contributed by atoms with van der Waals surface area (Å²) in [5.41, 5.74) is 1.24. The Labute approximate surface area is 213 Å². The van der Waals surface area contributed by atoms with Crippen molar-refractivity contribution in [3.63, 3.8) is 0 Å². The summed E-state index contributed by atoms with van der Waals surface area (Å²) in [5, 5.41) is 8.32. The first-order valence-electron chi connectivity index (χ1n) is 11.3. The van der Waals surface area contributed by atoms with Crippen LogP contribution in [0.25, 0.3) is 11.4 Å². The van der Waals surface area contributed by atoms with Crippen molar-refractivity contribution in [3.8, 4) is 11.4 Å². The summed E-state index contributed by atoms with van der Waals surface area (Å²) in [6.45, 7) is 2.23. The van der Waals surface area contributed by atoms with E-state index in [2.05, 4.69) is 27.9 Å². The maximum atomic E-state index is 13.7. The number of aromatic carboxylic acids is 1. The Bertz CT molecular complexity index is 974. The van der Waals surface area contributed by atoms with Gasteiger partial charge in [0.2, 0.25) is 0 Å². The van der Waals surface area contributed by atoms with Gasteiger partial charge in [0.1, 0.15) is 5.69 Å². The Morgan fingerprint density at radius 3 is 2.15 bits per heavy atom. The third-order valence-corrected chi connectivity index (χ3v) is 4.99. The Balaban J connectivity index is 0.000000486. The molecule has 3 rings (SSSR count). The van der Waals surface area contributed by atoms with E-state index in [1.807, 2.05) is 0 Å². The van der Waals surface area contributed by atoms with Crippen LogP contribution in [-0.4, -0.2) is 26.0 Å². The van der Waals surface area contributed by atoms with Gasteiger partial charge in [-0.05, 0) is 30.5 Å². The maximum Gasteiger partial charge on any atom is 0.354 e. The summed E-state index contributed by atoms with van der Waals surface area (Å²) >= 11 is 0. The molecule has 1 radical (unpaired) electrons. The molecule has 0 amide bonds. The molecule has 2 aromatic heterocycles. The van der Waals surface area contributed by atoms with Crippen molar-refractivity contribution < 1.29 is 38.8 Å². The number of aryl methyl sites for hydroxylation is 1. The third-order valence-electron chi connectivity index (χ3n) is 4.99. The van der Waals surface area contributed by atoms with Crippen molar-refractivity contribution in [2.75, 3.05) is 0 Å². The number of nitrogens with zero attached hydrogens (tertiary/aromatic N) is 3. The van der Waals surface area contributed by atoms with Gasteiger partial charge in [-0.25, -0.2) is 9.78 Å². The molecule has 0 unspecified atom stereocenters. The Kier molecular flexibility index (Phi) is 14.7. The van der Waals surface area contributed by atoms with E-state index in [1.54, 1.807) is 24.5 Å². The summed E-state index contributed by atoms with van der Waals surface area (Å²) in [6.07, 6.45) is 16.1. The molecule has 0 saturated carbocycles. The van der Waals surface area contributed by atoms with Gasteiger partial charge in [-0.1, -0.05) is 69.6 Å². The molecule has 3 aromatic rings. The number of benzene rings is 1. The predicted molar refractivity (Wildman–Crippen MR) is 124 cm³/mol. The molecule has 1 N–H and O–H groups in total. The molecule has 0 aliphatic carbocycles. The second-order valence-electron chi connectivity index (χ2n) is 7.70. The molecule has 0 atom stereocenters. The Morgan fingerprint density at radius 2 is 1.62 bits per heavy atom. The Morgan fingerprint density at radius 1 is 0.971 bits per heavy atom. The molecule has 0 aliphatic heterocycles. The summed E-state index contributed by atoms with van der Waals surface area (Å²) < 4.78 is 26.6. The molecule has 2 heterocycles. The van der Waals surface area contributed by atoms with Crippen molar-refractivity contribution in [2.45, 2.75) is 64.7 Å². The van der Waals surface area contributed by atoms with E-state index in [1.165, 1.54) is 57.2 Å². The number of carbonyl (C=O) groups is 1. The van der Waals surface area contributed by atoms with E-state index in [0.717, 1.165) is 30.5 Å². The van der Waals surface area contributed by atoms with Crippen molar-refractivity contribution in [3.05, 3.63) is 77.9 Å². The van der Waals surface area contributed by atoms with Gasteiger partial charge in [0.25, 0.3) is 0 Å². The van der Waals surface area contributed by atoms with Crippen LogP contribution in [0.3, 0.4) is 0 Å². The number of hydrogen-bond acceptors (Lipinski definition) is 4. The number of carboxylic acid groups (broad SMARTS) is 1. The fourth-order valence-electron chi connectivity index (χ4n) is 3.18. The van der Waals surface area contributed by atoms with Crippen molar-refractivity contribution >= 4 is 5.97 Å². The molecule has 0 spiro atoms. The van der Waals surface area contributed by atoms with E-state index in [-0.39, 0.29) is 37.2 Å². The van der Waals surface area contributed by atoms with E-state index in [0.29, 0.717) is 0 Å². The Hall–Kier alpha value is -2.57. The molecule has 34 heavy (non-hydrogen) atoms. The van der Waals surface area contributed by atoms with E-state index >= 15 is 0 Å². The SMILES string of the molecule is CCCCCCCCCCc1cnc(-c2[c-]cc(F)cc2F)nc1.O=C(O)c1ccccn1.[Ir].